The molecule has 5 nitrogen and oxygen atoms in total. The number of hydrogen-bond acceptors (Lipinski definition) is 3. The third kappa shape index (κ3) is 4.42. The molecule has 0 bridgehead atoms. The summed E-state index contributed by atoms with van der Waals surface area (Å²) >= 11 is 0. The zero-order valence-electron chi connectivity index (χ0n) is 12.3. The predicted molar refractivity (Wildman–Crippen MR) is 83.0 cm³/mol. The van der Waals surface area contributed by atoms with Crippen LogP contribution in [0.2, 0.25) is 0 Å². The third-order valence-corrected chi connectivity index (χ3v) is 3.08. The van der Waals surface area contributed by atoms with E-state index < -0.39 is 0 Å². The average Bonchev–Trinajstić information content (AvgIpc) is 2.39. The van der Waals surface area contributed by atoms with Crippen molar-refractivity contribution in [1.29, 1.82) is 0 Å². The molecule has 0 spiro atoms. The molecular formula is C14H22ClN3O2. The van der Waals surface area contributed by atoms with Crippen molar-refractivity contribution in [2.45, 2.75) is 13.8 Å². The molecule has 0 radical (unpaired) electrons. The molecule has 20 heavy (non-hydrogen) atoms. The normalized spacial score (nSPS) is 11.2. The largest absolute Gasteiger partial charge is 0.399 e. The molecule has 112 valence electrons. The van der Waals surface area contributed by atoms with Gasteiger partial charge in [0.05, 0.1) is 5.92 Å². The zero-order chi connectivity index (χ0) is 14.6. The van der Waals surface area contributed by atoms with Gasteiger partial charge in [-0.15, -0.1) is 12.4 Å². The number of halogens is 1. The summed E-state index contributed by atoms with van der Waals surface area (Å²) < 4.78 is 0. The monoisotopic (exact) mass is 299 g/mol. The van der Waals surface area contributed by atoms with Gasteiger partial charge in [-0.3, -0.25) is 9.59 Å². The molecule has 0 saturated heterocycles. The molecule has 1 aromatic carbocycles. The molecule has 0 aromatic heterocycles. The van der Waals surface area contributed by atoms with E-state index in [-0.39, 0.29) is 30.1 Å². The van der Waals surface area contributed by atoms with E-state index in [2.05, 4.69) is 5.32 Å². The number of benzene rings is 1. The van der Waals surface area contributed by atoms with Crippen LogP contribution in [0.3, 0.4) is 0 Å². The van der Waals surface area contributed by atoms with Gasteiger partial charge in [0.15, 0.2) is 0 Å². The highest BCUT2D eigenvalue weighted by Gasteiger charge is 2.19. The minimum Gasteiger partial charge on any atom is -0.399 e. The Morgan fingerprint density at radius 2 is 2.00 bits per heavy atom. The number of nitrogens with two attached hydrogens (primary N) is 1. The van der Waals surface area contributed by atoms with Crippen LogP contribution < -0.4 is 11.1 Å². The van der Waals surface area contributed by atoms with E-state index in [0.29, 0.717) is 17.8 Å². The SMILES string of the molecule is CNC(=O)C(C)CN(C)C(=O)c1cc(N)ccc1C.Cl. The fourth-order valence-corrected chi connectivity index (χ4v) is 1.90. The zero-order valence-corrected chi connectivity index (χ0v) is 13.1. The summed E-state index contributed by atoms with van der Waals surface area (Å²) in [6.07, 6.45) is 0. The summed E-state index contributed by atoms with van der Waals surface area (Å²) in [5.74, 6) is -0.454. The van der Waals surface area contributed by atoms with E-state index in [4.69, 9.17) is 5.73 Å². The number of hydrogen-bond donors (Lipinski definition) is 2. The fraction of sp³-hybridized carbons (Fsp3) is 0.429. The average molecular weight is 300 g/mol. The van der Waals surface area contributed by atoms with Crippen molar-refractivity contribution in [3.05, 3.63) is 29.3 Å². The van der Waals surface area contributed by atoms with Gasteiger partial charge in [-0.05, 0) is 24.6 Å². The van der Waals surface area contributed by atoms with Crippen molar-refractivity contribution in [2.75, 3.05) is 26.4 Å². The van der Waals surface area contributed by atoms with Crippen molar-refractivity contribution < 1.29 is 9.59 Å². The first-order valence-corrected chi connectivity index (χ1v) is 6.20. The first-order valence-electron chi connectivity index (χ1n) is 6.20. The van der Waals surface area contributed by atoms with Crippen LogP contribution in [0.4, 0.5) is 5.69 Å². The lowest BCUT2D eigenvalue weighted by Crippen LogP contribution is -2.37. The van der Waals surface area contributed by atoms with Crippen LogP contribution in [-0.4, -0.2) is 37.4 Å². The molecule has 2 amide bonds. The molecule has 1 unspecified atom stereocenters. The molecule has 1 rings (SSSR count). The van der Waals surface area contributed by atoms with Crippen molar-refractivity contribution in [1.82, 2.24) is 10.2 Å². The van der Waals surface area contributed by atoms with Gasteiger partial charge in [0.2, 0.25) is 5.91 Å². The summed E-state index contributed by atoms with van der Waals surface area (Å²) in [5, 5.41) is 2.57. The Hall–Kier alpha value is -1.75. The Morgan fingerprint density at radius 3 is 2.55 bits per heavy atom. The molecule has 6 heteroatoms. The minimum atomic E-state index is -0.250. The van der Waals surface area contributed by atoms with Crippen LogP contribution >= 0.6 is 12.4 Å². The van der Waals surface area contributed by atoms with Crippen LogP contribution in [0, 0.1) is 12.8 Å². The summed E-state index contributed by atoms with van der Waals surface area (Å²) in [6.45, 7) is 4.02. The maximum atomic E-state index is 12.3. The minimum absolute atomic E-state index is 0. The lowest BCUT2D eigenvalue weighted by molar-refractivity contribution is -0.124. The fourth-order valence-electron chi connectivity index (χ4n) is 1.90. The van der Waals surface area contributed by atoms with Gasteiger partial charge < -0.3 is 16.0 Å². The number of aryl methyl sites for hydroxylation is 1. The Balaban J connectivity index is 0.00000361. The van der Waals surface area contributed by atoms with Gasteiger partial charge in [-0.1, -0.05) is 13.0 Å². The summed E-state index contributed by atoms with van der Waals surface area (Å²) in [7, 11) is 3.27. The van der Waals surface area contributed by atoms with Crippen LogP contribution in [0.25, 0.3) is 0 Å². The molecule has 3 N–H and O–H groups in total. The second kappa shape index (κ2) is 7.75. The number of carbonyl (C=O) groups excluding carboxylic acids is 2. The smallest absolute Gasteiger partial charge is 0.253 e. The number of nitrogens with one attached hydrogen (secondary N) is 1. The van der Waals surface area contributed by atoms with Crippen LogP contribution in [0.15, 0.2) is 18.2 Å². The maximum Gasteiger partial charge on any atom is 0.253 e. The second-order valence-corrected chi connectivity index (χ2v) is 4.78. The van der Waals surface area contributed by atoms with E-state index in [1.54, 1.807) is 38.1 Å². The molecule has 1 atom stereocenters. The van der Waals surface area contributed by atoms with Crippen molar-refractivity contribution in [3.8, 4) is 0 Å². The molecule has 0 saturated carbocycles. The second-order valence-electron chi connectivity index (χ2n) is 4.78. The van der Waals surface area contributed by atoms with Crippen LogP contribution in [0.5, 0.6) is 0 Å². The van der Waals surface area contributed by atoms with Gasteiger partial charge in [0.25, 0.3) is 5.91 Å². The lowest BCUT2D eigenvalue weighted by Gasteiger charge is -2.21. The van der Waals surface area contributed by atoms with E-state index >= 15 is 0 Å². The van der Waals surface area contributed by atoms with Crippen LogP contribution in [-0.2, 0) is 4.79 Å². The molecule has 0 fully saturated rings. The Morgan fingerprint density at radius 1 is 1.40 bits per heavy atom. The Bertz CT molecular complexity index is 491. The van der Waals surface area contributed by atoms with Crippen molar-refractivity contribution in [3.63, 3.8) is 0 Å². The summed E-state index contributed by atoms with van der Waals surface area (Å²) in [6, 6.07) is 5.25. The molecule has 0 aliphatic rings. The number of rotatable bonds is 4. The van der Waals surface area contributed by atoms with E-state index in [1.807, 2.05) is 13.0 Å². The van der Waals surface area contributed by atoms with Crippen molar-refractivity contribution in [2.24, 2.45) is 5.92 Å². The van der Waals surface area contributed by atoms with Crippen LogP contribution in [0.1, 0.15) is 22.8 Å². The molecule has 0 heterocycles. The Kier molecular flexibility index (Phi) is 7.07. The highest BCUT2D eigenvalue weighted by atomic mass is 35.5. The van der Waals surface area contributed by atoms with Gasteiger partial charge in [0.1, 0.15) is 0 Å². The van der Waals surface area contributed by atoms with Gasteiger partial charge in [0, 0.05) is 31.9 Å². The molecule has 0 aliphatic carbocycles. The van der Waals surface area contributed by atoms with Gasteiger partial charge in [-0.25, -0.2) is 0 Å². The van der Waals surface area contributed by atoms with E-state index in [0.717, 1.165) is 5.56 Å². The molecule has 1 aromatic rings. The third-order valence-electron chi connectivity index (χ3n) is 3.08. The maximum absolute atomic E-state index is 12.3. The summed E-state index contributed by atoms with van der Waals surface area (Å²) in [5.41, 5.74) is 7.71. The first kappa shape index (κ1) is 18.2. The number of amides is 2. The topological polar surface area (TPSA) is 75.4 Å². The molecule has 0 aliphatic heterocycles. The number of nitrogen functional groups attached to an aromatic ring is 1. The highest BCUT2D eigenvalue weighted by molar-refractivity contribution is 5.96. The van der Waals surface area contributed by atoms with E-state index in [1.165, 1.54) is 0 Å². The van der Waals surface area contributed by atoms with Gasteiger partial charge >= 0.3 is 0 Å². The van der Waals surface area contributed by atoms with Gasteiger partial charge in [-0.2, -0.15) is 0 Å². The number of anilines is 1. The van der Waals surface area contributed by atoms with E-state index in [9.17, 15) is 9.59 Å². The summed E-state index contributed by atoms with van der Waals surface area (Å²) in [4.78, 5) is 25.3. The quantitative estimate of drug-likeness (QED) is 0.826. The lowest BCUT2D eigenvalue weighted by atomic mass is 10.1. The Labute approximate surface area is 125 Å². The molecular weight excluding hydrogens is 278 g/mol. The predicted octanol–water partition coefficient (Wildman–Crippen LogP) is 1.45. The first-order chi connectivity index (χ1) is 8.86. The van der Waals surface area contributed by atoms with Crippen molar-refractivity contribution >= 4 is 29.9 Å². The number of nitrogens with zero attached hydrogens (tertiary/aromatic N) is 1. The standard InChI is InChI=1S/C14H21N3O2.ClH/c1-9-5-6-11(15)7-12(9)14(19)17(4)8-10(2)13(18)16-3;/h5-7,10H,8,15H2,1-4H3,(H,16,18);1H. The number of carbonyl (C=O) groups is 2. The highest BCUT2D eigenvalue weighted by Crippen LogP contribution is 2.15.